The van der Waals surface area contributed by atoms with Gasteiger partial charge in [-0.05, 0) is 44.7 Å². The maximum absolute atomic E-state index is 5.80. The molecule has 2 atom stereocenters. The lowest BCUT2D eigenvalue weighted by molar-refractivity contribution is 0.388. The molecule has 1 aromatic rings. The summed E-state index contributed by atoms with van der Waals surface area (Å²) < 4.78 is 0. The summed E-state index contributed by atoms with van der Waals surface area (Å²) in [7, 11) is 0. The van der Waals surface area contributed by atoms with E-state index in [-0.39, 0.29) is 0 Å². The highest BCUT2D eigenvalue weighted by molar-refractivity contribution is 5.51. The van der Waals surface area contributed by atoms with Gasteiger partial charge in [0.25, 0.3) is 0 Å². The molecule has 1 aliphatic rings. The summed E-state index contributed by atoms with van der Waals surface area (Å²) in [6.45, 7) is 7.66. The predicted octanol–water partition coefficient (Wildman–Crippen LogP) is 2.60. The van der Waals surface area contributed by atoms with Crippen LogP contribution in [0.15, 0.2) is 12.1 Å². The Labute approximate surface area is 97.7 Å². The van der Waals surface area contributed by atoms with E-state index in [1.165, 1.54) is 12.8 Å². The number of nitrogen functional groups attached to an aromatic ring is 1. The van der Waals surface area contributed by atoms with Gasteiger partial charge in [0.05, 0.1) is 11.4 Å². The van der Waals surface area contributed by atoms with Crippen LogP contribution in [-0.4, -0.2) is 17.6 Å². The molecule has 1 aliphatic heterocycles. The molecule has 0 amide bonds. The zero-order valence-corrected chi connectivity index (χ0v) is 10.4. The minimum Gasteiger partial charge on any atom is -0.397 e. The summed E-state index contributed by atoms with van der Waals surface area (Å²) in [6, 6.07) is 4.59. The molecule has 16 heavy (non-hydrogen) atoms. The first-order valence-electron chi connectivity index (χ1n) is 6.07. The van der Waals surface area contributed by atoms with E-state index in [1.807, 2.05) is 19.1 Å². The molecule has 1 aromatic heterocycles. The molecule has 88 valence electrons. The fourth-order valence-corrected chi connectivity index (χ4v) is 2.33. The fraction of sp³-hybridized carbons (Fsp3) is 0.615. The summed E-state index contributed by atoms with van der Waals surface area (Å²) in [5.74, 6) is 1.83. The zero-order valence-electron chi connectivity index (χ0n) is 10.4. The molecular weight excluding hydrogens is 198 g/mol. The largest absolute Gasteiger partial charge is 0.397 e. The Hall–Kier alpha value is -1.25. The predicted molar refractivity (Wildman–Crippen MR) is 68.6 cm³/mol. The molecule has 0 radical (unpaired) electrons. The van der Waals surface area contributed by atoms with Crippen LogP contribution in [0.2, 0.25) is 0 Å². The molecule has 2 heterocycles. The number of nitrogens with two attached hydrogens (primary N) is 1. The third-order valence-corrected chi connectivity index (χ3v) is 3.52. The SMILES string of the molecule is Cc1nc(N2CC(C)CCC2C)ccc1N. The average molecular weight is 219 g/mol. The molecular formula is C13H21N3. The van der Waals surface area contributed by atoms with E-state index in [4.69, 9.17) is 5.73 Å². The molecule has 3 heteroatoms. The summed E-state index contributed by atoms with van der Waals surface area (Å²) in [5, 5.41) is 0. The van der Waals surface area contributed by atoms with Crippen molar-refractivity contribution in [2.24, 2.45) is 5.92 Å². The van der Waals surface area contributed by atoms with Crippen LogP contribution in [0.3, 0.4) is 0 Å². The third-order valence-electron chi connectivity index (χ3n) is 3.52. The van der Waals surface area contributed by atoms with E-state index in [9.17, 15) is 0 Å². The number of anilines is 2. The van der Waals surface area contributed by atoms with Crippen LogP contribution < -0.4 is 10.6 Å². The van der Waals surface area contributed by atoms with Crippen molar-refractivity contribution < 1.29 is 0 Å². The zero-order chi connectivity index (χ0) is 11.7. The van der Waals surface area contributed by atoms with Gasteiger partial charge in [-0.15, -0.1) is 0 Å². The van der Waals surface area contributed by atoms with Gasteiger partial charge < -0.3 is 10.6 Å². The highest BCUT2D eigenvalue weighted by Crippen LogP contribution is 2.27. The van der Waals surface area contributed by atoms with Crippen LogP contribution in [0.4, 0.5) is 11.5 Å². The number of pyridine rings is 1. The monoisotopic (exact) mass is 219 g/mol. The second-order valence-electron chi connectivity index (χ2n) is 5.03. The molecule has 0 aromatic carbocycles. The van der Waals surface area contributed by atoms with Gasteiger partial charge in [-0.2, -0.15) is 0 Å². The standard InChI is InChI=1S/C13H21N3/c1-9-4-5-10(2)16(8-9)13-7-6-12(14)11(3)15-13/h6-7,9-10H,4-5,8,14H2,1-3H3. The lowest BCUT2D eigenvalue weighted by Crippen LogP contribution is -2.41. The molecule has 1 fully saturated rings. The second-order valence-corrected chi connectivity index (χ2v) is 5.03. The van der Waals surface area contributed by atoms with Crippen LogP contribution in [0.5, 0.6) is 0 Å². The van der Waals surface area contributed by atoms with Crippen molar-refractivity contribution in [1.82, 2.24) is 4.98 Å². The first kappa shape index (κ1) is 11.2. The van der Waals surface area contributed by atoms with Gasteiger partial charge in [0.15, 0.2) is 0 Å². The highest BCUT2D eigenvalue weighted by atomic mass is 15.2. The Kier molecular flexibility index (Phi) is 3.03. The fourth-order valence-electron chi connectivity index (χ4n) is 2.33. The molecule has 2 rings (SSSR count). The quantitative estimate of drug-likeness (QED) is 0.789. The minimum atomic E-state index is 0.590. The van der Waals surface area contributed by atoms with Crippen molar-refractivity contribution in [2.45, 2.75) is 39.7 Å². The van der Waals surface area contributed by atoms with Crippen LogP contribution in [-0.2, 0) is 0 Å². The Balaban J connectivity index is 2.24. The van der Waals surface area contributed by atoms with Crippen molar-refractivity contribution in [3.05, 3.63) is 17.8 Å². The van der Waals surface area contributed by atoms with Crippen LogP contribution in [0.25, 0.3) is 0 Å². The Morgan fingerprint density at radius 3 is 2.75 bits per heavy atom. The van der Waals surface area contributed by atoms with E-state index >= 15 is 0 Å². The van der Waals surface area contributed by atoms with Crippen molar-refractivity contribution in [1.29, 1.82) is 0 Å². The minimum absolute atomic E-state index is 0.590. The van der Waals surface area contributed by atoms with Crippen LogP contribution in [0, 0.1) is 12.8 Å². The number of aromatic nitrogens is 1. The van der Waals surface area contributed by atoms with Crippen molar-refractivity contribution >= 4 is 11.5 Å². The molecule has 1 saturated heterocycles. The first-order valence-corrected chi connectivity index (χ1v) is 6.07. The number of rotatable bonds is 1. The van der Waals surface area contributed by atoms with Crippen LogP contribution >= 0.6 is 0 Å². The van der Waals surface area contributed by atoms with Gasteiger partial charge in [-0.1, -0.05) is 6.92 Å². The van der Waals surface area contributed by atoms with E-state index in [0.29, 0.717) is 6.04 Å². The molecule has 0 spiro atoms. The highest BCUT2D eigenvalue weighted by Gasteiger charge is 2.23. The molecule has 0 saturated carbocycles. The number of hydrogen-bond donors (Lipinski definition) is 1. The van der Waals surface area contributed by atoms with Gasteiger partial charge in [-0.25, -0.2) is 4.98 Å². The van der Waals surface area contributed by atoms with Crippen molar-refractivity contribution in [2.75, 3.05) is 17.2 Å². The number of piperidine rings is 1. The van der Waals surface area contributed by atoms with Gasteiger partial charge in [0, 0.05) is 12.6 Å². The number of hydrogen-bond acceptors (Lipinski definition) is 3. The number of nitrogens with zero attached hydrogens (tertiary/aromatic N) is 2. The summed E-state index contributed by atoms with van der Waals surface area (Å²) >= 11 is 0. The summed E-state index contributed by atoms with van der Waals surface area (Å²) in [5.41, 5.74) is 7.51. The maximum Gasteiger partial charge on any atom is 0.129 e. The Morgan fingerprint density at radius 1 is 1.31 bits per heavy atom. The van der Waals surface area contributed by atoms with E-state index in [2.05, 4.69) is 23.7 Å². The third kappa shape index (κ3) is 2.13. The second kappa shape index (κ2) is 4.32. The molecule has 2 unspecified atom stereocenters. The number of aryl methyl sites for hydroxylation is 1. The first-order chi connectivity index (χ1) is 7.58. The van der Waals surface area contributed by atoms with Gasteiger partial charge in [0.1, 0.15) is 5.82 Å². The van der Waals surface area contributed by atoms with E-state index < -0.39 is 0 Å². The topological polar surface area (TPSA) is 42.2 Å². The lowest BCUT2D eigenvalue weighted by atomic mass is 9.95. The Morgan fingerprint density at radius 2 is 2.06 bits per heavy atom. The van der Waals surface area contributed by atoms with Crippen molar-refractivity contribution in [3.63, 3.8) is 0 Å². The van der Waals surface area contributed by atoms with Gasteiger partial charge >= 0.3 is 0 Å². The molecule has 3 nitrogen and oxygen atoms in total. The summed E-state index contributed by atoms with van der Waals surface area (Å²) in [4.78, 5) is 6.99. The van der Waals surface area contributed by atoms with E-state index in [1.54, 1.807) is 0 Å². The van der Waals surface area contributed by atoms with Crippen LogP contribution in [0.1, 0.15) is 32.4 Å². The van der Waals surface area contributed by atoms with Crippen molar-refractivity contribution in [3.8, 4) is 0 Å². The van der Waals surface area contributed by atoms with Gasteiger partial charge in [-0.3, -0.25) is 0 Å². The molecule has 2 N–H and O–H groups in total. The average Bonchev–Trinajstić information content (AvgIpc) is 2.26. The lowest BCUT2D eigenvalue weighted by Gasteiger charge is -2.37. The molecule has 0 aliphatic carbocycles. The van der Waals surface area contributed by atoms with E-state index in [0.717, 1.165) is 29.7 Å². The smallest absolute Gasteiger partial charge is 0.129 e. The Bertz CT molecular complexity index is 375. The van der Waals surface area contributed by atoms with Gasteiger partial charge in [0.2, 0.25) is 0 Å². The molecule has 0 bridgehead atoms. The maximum atomic E-state index is 5.80. The summed E-state index contributed by atoms with van der Waals surface area (Å²) in [6.07, 6.45) is 2.58. The normalized spacial score (nSPS) is 25.8.